The van der Waals surface area contributed by atoms with Gasteiger partial charge in [0.1, 0.15) is 0 Å². The molecule has 0 saturated carbocycles. The zero-order valence-corrected chi connectivity index (χ0v) is 10.3. The van der Waals surface area contributed by atoms with Gasteiger partial charge in [-0.2, -0.15) is 0 Å². The highest BCUT2D eigenvalue weighted by atomic mass is 16.6. The van der Waals surface area contributed by atoms with Gasteiger partial charge in [-0.05, 0) is 18.6 Å². The normalized spacial score (nSPS) is 10.5. The molecule has 18 heavy (non-hydrogen) atoms. The molecule has 0 fully saturated rings. The van der Waals surface area contributed by atoms with E-state index in [1.807, 2.05) is 18.2 Å². The number of rotatable bonds is 5. The molecule has 4 heteroatoms. The molecule has 0 heterocycles. The van der Waals surface area contributed by atoms with E-state index in [9.17, 15) is 10.1 Å². The summed E-state index contributed by atoms with van der Waals surface area (Å²) in [5, 5.41) is 15.9. The van der Waals surface area contributed by atoms with Crippen molar-refractivity contribution in [1.82, 2.24) is 0 Å². The number of fused-ring (bicyclic) bond motifs is 1. The van der Waals surface area contributed by atoms with E-state index in [2.05, 4.69) is 12.2 Å². The maximum Gasteiger partial charge on any atom is 0.277 e. The van der Waals surface area contributed by atoms with E-state index in [1.165, 1.54) is 0 Å². The highest BCUT2D eigenvalue weighted by Crippen LogP contribution is 2.31. The maximum atomic E-state index is 11.0. The Bertz CT molecular complexity index is 567. The largest absolute Gasteiger partial charge is 0.385 e. The van der Waals surface area contributed by atoms with Crippen molar-refractivity contribution in [3.05, 3.63) is 46.5 Å². The summed E-state index contributed by atoms with van der Waals surface area (Å²) < 4.78 is 0. The quantitative estimate of drug-likeness (QED) is 0.492. The molecular formula is C14H16N2O2. The molecule has 0 amide bonds. The minimum atomic E-state index is -0.335. The lowest BCUT2D eigenvalue weighted by molar-refractivity contribution is -0.383. The van der Waals surface area contributed by atoms with Gasteiger partial charge in [-0.25, -0.2) is 0 Å². The van der Waals surface area contributed by atoms with Gasteiger partial charge < -0.3 is 5.32 Å². The van der Waals surface area contributed by atoms with Gasteiger partial charge in [-0.15, -0.1) is 0 Å². The van der Waals surface area contributed by atoms with Crippen molar-refractivity contribution in [1.29, 1.82) is 0 Å². The van der Waals surface area contributed by atoms with Gasteiger partial charge >= 0.3 is 0 Å². The first-order valence-electron chi connectivity index (χ1n) is 6.14. The second kappa shape index (κ2) is 5.49. The van der Waals surface area contributed by atoms with Gasteiger partial charge in [0, 0.05) is 23.7 Å². The summed E-state index contributed by atoms with van der Waals surface area (Å²) in [6.07, 6.45) is 2.21. The number of non-ortho nitro benzene ring substituents is 1. The minimum Gasteiger partial charge on any atom is -0.385 e. The summed E-state index contributed by atoms with van der Waals surface area (Å²) >= 11 is 0. The molecule has 0 aliphatic carbocycles. The van der Waals surface area contributed by atoms with Gasteiger partial charge in [0.05, 0.1) is 10.3 Å². The smallest absolute Gasteiger partial charge is 0.277 e. The topological polar surface area (TPSA) is 55.2 Å². The third-order valence-electron chi connectivity index (χ3n) is 2.94. The maximum absolute atomic E-state index is 11.0. The molecule has 2 rings (SSSR count). The van der Waals surface area contributed by atoms with E-state index in [0.29, 0.717) is 5.39 Å². The van der Waals surface area contributed by atoms with Gasteiger partial charge in [-0.1, -0.05) is 31.5 Å². The van der Waals surface area contributed by atoms with Crippen molar-refractivity contribution in [2.45, 2.75) is 19.8 Å². The van der Waals surface area contributed by atoms with E-state index in [-0.39, 0.29) is 10.6 Å². The summed E-state index contributed by atoms with van der Waals surface area (Å²) in [4.78, 5) is 10.6. The predicted octanol–water partition coefficient (Wildman–Crippen LogP) is 3.96. The highest BCUT2D eigenvalue weighted by molar-refractivity contribution is 5.99. The Morgan fingerprint density at radius 2 is 1.89 bits per heavy atom. The molecule has 4 nitrogen and oxygen atoms in total. The first-order chi connectivity index (χ1) is 8.74. The fourth-order valence-electron chi connectivity index (χ4n) is 2.00. The van der Waals surface area contributed by atoms with E-state index < -0.39 is 0 Å². The average Bonchev–Trinajstić information content (AvgIpc) is 2.38. The Hall–Kier alpha value is -2.10. The average molecular weight is 244 g/mol. The number of nitro benzene ring substituents is 1. The van der Waals surface area contributed by atoms with Crippen LogP contribution in [0.4, 0.5) is 11.4 Å². The Balaban J connectivity index is 2.44. The molecule has 0 spiro atoms. The van der Waals surface area contributed by atoms with Crippen molar-refractivity contribution in [3.8, 4) is 0 Å². The summed E-state index contributed by atoms with van der Waals surface area (Å²) in [5.41, 5.74) is 1.12. The van der Waals surface area contributed by atoms with Crippen LogP contribution in [-0.4, -0.2) is 11.5 Å². The minimum absolute atomic E-state index is 0.159. The van der Waals surface area contributed by atoms with Crippen LogP contribution < -0.4 is 5.32 Å². The standard InChI is InChI=1S/C14H16N2O2/c1-2-3-10-15-13-8-9-14(16(17)18)12-7-5-4-6-11(12)13/h4-9,15H,2-3,10H2,1H3. The van der Waals surface area contributed by atoms with Gasteiger partial charge in [-0.3, -0.25) is 10.1 Å². The second-order valence-electron chi connectivity index (χ2n) is 4.22. The number of hydrogen-bond acceptors (Lipinski definition) is 3. The summed E-state index contributed by atoms with van der Waals surface area (Å²) in [6.45, 7) is 3.02. The molecule has 0 aliphatic rings. The molecule has 0 bridgehead atoms. The molecule has 0 saturated heterocycles. The van der Waals surface area contributed by atoms with Crippen LogP contribution >= 0.6 is 0 Å². The van der Waals surface area contributed by atoms with Gasteiger partial charge in [0.2, 0.25) is 0 Å². The lowest BCUT2D eigenvalue weighted by atomic mass is 10.1. The van der Waals surface area contributed by atoms with Crippen LogP contribution in [0.3, 0.4) is 0 Å². The first kappa shape index (κ1) is 12.4. The van der Waals surface area contributed by atoms with Crippen molar-refractivity contribution in [3.63, 3.8) is 0 Å². The SMILES string of the molecule is CCCCNc1ccc([N+](=O)[O-])c2ccccc12. The van der Waals surface area contributed by atoms with Crippen LogP contribution in [0.2, 0.25) is 0 Å². The molecule has 0 atom stereocenters. The van der Waals surface area contributed by atoms with E-state index in [0.717, 1.165) is 30.5 Å². The lowest BCUT2D eigenvalue weighted by Crippen LogP contribution is -2.02. The Kier molecular flexibility index (Phi) is 3.77. The fraction of sp³-hybridized carbons (Fsp3) is 0.286. The number of nitrogens with one attached hydrogen (secondary N) is 1. The molecule has 0 aliphatic heterocycles. The highest BCUT2D eigenvalue weighted by Gasteiger charge is 2.13. The van der Waals surface area contributed by atoms with E-state index in [1.54, 1.807) is 18.2 Å². The Labute approximate surface area is 106 Å². The van der Waals surface area contributed by atoms with Crippen LogP contribution in [0.15, 0.2) is 36.4 Å². The summed E-state index contributed by atoms with van der Waals surface area (Å²) in [5.74, 6) is 0. The first-order valence-corrected chi connectivity index (χ1v) is 6.14. The second-order valence-corrected chi connectivity index (χ2v) is 4.22. The van der Waals surface area contributed by atoms with Crippen LogP contribution in [0, 0.1) is 10.1 Å². The van der Waals surface area contributed by atoms with Crippen molar-refractivity contribution >= 4 is 22.1 Å². The molecule has 0 unspecified atom stereocenters. The Morgan fingerprint density at radius 3 is 2.56 bits per heavy atom. The molecular weight excluding hydrogens is 228 g/mol. The molecule has 2 aromatic carbocycles. The molecule has 0 aromatic heterocycles. The van der Waals surface area contributed by atoms with Crippen LogP contribution in [0.25, 0.3) is 10.8 Å². The third kappa shape index (κ3) is 2.42. The van der Waals surface area contributed by atoms with Crippen molar-refractivity contribution < 1.29 is 4.92 Å². The number of nitrogens with zero attached hydrogens (tertiary/aromatic N) is 1. The van der Waals surface area contributed by atoms with E-state index in [4.69, 9.17) is 0 Å². The van der Waals surface area contributed by atoms with Crippen molar-refractivity contribution in [2.24, 2.45) is 0 Å². The monoisotopic (exact) mass is 244 g/mol. The lowest BCUT2D eigenvalue weighted by Gasteiger charge is -2.09. The third-order valence-corrected chi connectivity index (χ3v) is 2.94. The molecule has 0 radical (unpaired) electrons. The number of anilines is 1. The van der Waals surface area contributed by atoms with E-state index >= 15 is 0 Å². The zero-order chi connectivity index (χ0) is 13.0. The van der Waals surface area contributed by atoms with Crippen LogP contribution in [0.5, 0.6) is 0 Å². The summed E-state index contributed by atoms with van der Waals surface area (Å²) in [6, 6.07) is 10.8. The van der Waals surface area contributed by atoms with Crippen molar-refractivity contribution in [2.75, 3.05) is 11.9 Å². The number of nitro groups is 1. The fourth-order valence-corrected chi connectivity index (χ4v) is 2.00. The van der Waals surface area contributed by atoms with Gasteiger partial charge in [0.15, 0.2) is 0 Å². The van der Waals surface area contributed by atoms with Gasteiger partial charge in [0.25, 0.3) is 5.69 Å². The Morgan fingerprint density at radius 1 is 1.17 bits per heavy atom. The number of benzene rings is 2. The number of hydrogen-bond donors (Lipinski definition) is 1. The molecule has 1 N–H and O–H groups in total. The van der Waals surface area contributed by atoms with Crippen LogP contribution in [-0.2, 0) is 0 Å². The predicted molar refractivity (Wildman–Crippen MR) is 74.0 cm³/mol. The molecule has 94 valence electrons. The molecule has 2 aromatic rings. The number of unbranched alkanes of at least 4 members (excludes halogenated alkanes) is 1. The zero-order valence-electron chi connectivity index (χ0n) is 10.3. The summed E-state index contributed by atoms with van der Waals surface area (Å²) in [7, 11) is 0. The van der Waals surface area contributed by atoms with Crippen LogP contribution in [0.1, 0.15) is 19.8 Å².